The Hall–Kier alpha value is -1.43. The van der Waals surface area contributed by atoms with Gasteiger partial charge in [0.25, 0.3) is 5.91 Å². The number of aliphatic hydroxyl groups is 1. The van der Waals surface area contributed by atoms with Crippen LogP contribution in [0.2, 0.25) is 5.02 Å². The van der Waals surface area contributed by atoms with E-state index in [1.165, 1.54) is 4.90 Å². The summed E-state index contributed by atoms with van der Waals surface area (Å²) in [4.78, 5) is 28.6. The number of likely N-dealkylation sites (tertiary alicyclic amines) is 1. The number of rotatable bonds is 4. The Morgan fingerprint density at radius 2 is 2.09 bits per heavy atom. The van der Waals surface area contributed by atoms with E-state index >= 15 is 0 Å². The molecular weight excluding hydrogens is 316 g/mol. The number of anilines is 1. The predicted molar refractivity (Wildman–Crippen MR) is 88.4 cm³/mol. The lowest BCUT2D eigenvalue weighted by molar-refractivity contribution is -0.123. The van der Waals surface area contributed by atoms with E-state index in [0.717, 1.165) is 25.8 Å². The van der Waals surface area contributed by atoms with E-state index in [2.05, 4.69) is 4.90 Å². The third kappa shape index (κ3) is 3.27. The Bertz CT molecular complexity index is 605. The average molecular weight is 337 g/mol. The molecule has 2 amide bonds. The molecule has 1 aromatic carbocycles. The van der Waals surface area contributed by atoms with Gasteiger partial charge in [-0.2, -0.15) is 0 Å². The number of carbonyl (C=O) groups is 2. The second-order valence-corrected chi connectivity index (χ2v) is 6.60. The van der Waals surface area contributed by atoms with Crippen molar-refractivity contribution in [3.8, 4) is 0 Å². The van der Waals surface area contributed by atoms with Gasteiger partial charge in [-0.15, -0.1) is 0 Å². The Labute approximate surface area is 140 Å². The molecular formula is C17H21ClN2O3. The number of hydrogen-bond acceptors (Lipinski definition) is 4. The van der Waals surface area contributed by atoms with E-state index in [1.807, 2.05) is 0 Å². The van der Waals surface area contributed by atoms with Crippen LogP contribution in [0, 0.1) is 0 Å². The van der Waals surface area contributed by atoms with Crippen molar-refractivity contribution in [3.05, 3.63) is 29.3 Å². The molecule has 0 aliphatic carbocycles. The normalized spacial score (nSPS) is 26.1. The highest BCUT2D eigenvalue weighted by molar-refractivity contribution is 6.31. The van der Waals surface area contributed by atoms with E-state index in [0.29, 0.717) is 17.1 Å². The SMILES string of the molecule is O=C1CC(N2CCCCC2CCO)C(=O)N1c1cccc(Cl)c1. The first kappa shape index (κ1) is 16.4. The lowest BCUT2D eigenvalue weighted by Crippen LogP contribution is -2.50. The number of nitrogens with zero attached hydrogens (tertiary/aromatic N) is 2. The number of amides is 2. The molecule has 2 atom stereocenters. The number of imide groups is 1. The van der Waals surface area contributed by atoms with Crippen LogP contribution < -0.4 is 4.90 Å². The number of halogens is 1. The summed E-state index contributed by atoms with van der Waals surface area (Å²) in [6, 6.07) is 6.58. The van der Waals surface area contributed by atoms with Gasteiger partial charge in [-0.1, -0.05) is 24.1 Å². The number of piperidine rings is 1. The molecule has 124 valence electrons. The van der Waals surface area contributed by atoms with Crippen LogP contribution in [0.3, 0.4) is 0 Å². The summed E-state index contributed by atoms with van der Waals surface area (Å²) < 4.78 is 0. The van der Waals surface area contributed by atoms with Crippen LogP contribution in [-0.4, -0.2) is 47.1 Å². The van der Waals surface area contributed by atoms with Crippen LogP contribution >= 0.6 is 11.6 Å². The van der Waals surface area contributed by atoms with Crippen LogP contribution in [0.25, 0.3) is 0 Å². The van der Waals surface area contributed by atoms with E-state index < -0.39 is 6.04 Å². The monoisotopic (exact) mass is 336 g/mol. The molecule has 3 rings (SSSR count). The molecule has 0 aromatic heterocycles. The molecule has 5 nitrogen and oxygen atoms in total. The van der Waals surface area contributed by atoms with Gasteiger partial charge in [-0.05, 0) is 44.0 Å². The Kier molecular flexibility index (Phi) is 4.99. The zero-order valence-electron chi connectivity index (χ0n) is 12.9. The van der Waals surface area contributed by atoms with Crippen molar-refractivity contribution in [1.29, 1.82) is 0 Å². The van der Waals surface area contributed by atoms with Crippen molar-refractivity contribution in [2.45, 2.75) is 44.2 Å². The summed E-state index contributed by atoms with van der Waals surface area (Å²) >= 11 is 5.98. The number of hydrogen-bond donors (Lipinski definition) is 1. The molecule has 2 unspecified atom stereocenters. The maximum absolute atomic E-state index is 12.8. The fourth-order valence-electron chi connectivity index (χ4n) is 3.65. The first-order valence-corrected chi connectivity index (χ1v) is 8.48. The largest absolute Gasteiger partial charge is 0.396 e. The minimum Gasteiger partial charge on any atom is -0.396 e. The molecule has 1 aromatic rings. The van der Waals surface area contributed by atoms with Crippen molar-refractivity contribution in [1.82, 2.24) is 4.90 Å². The van der Waals surface area contributed by atoms with Gasteiger partial charge in [0.15, 0.2) is 0 Å². The van der Waals surface area contributed by atoms with Crippen LogP contribution in [-0.2, 0) is 9.59 Å². The van der Waals surface area contributed by atoms with E-state index in [1.54, 1.807) is 24.3 Å². The van der Waals surface area contributed by atoms with Gasteiger partial charge in [-0.3, -0.25) is 14.5 Å². The quantitative estimate of drug-likeness (QED) is 0.856. The summed E-state index contributed by atoms with van der Waals surface area (Å²) in [6.07, 6.45) is 3.95. The zero-order chi connectivity index (χ0) is 16.4. The summed E-state index contributed by atoms with van der Waals surface area (Å²) in [6.45, 7) is 0.909. The van der Waals surface area contributed by atoms with Crippen molar-refractivity contribution >= 4 is 29.1 Å². The summed E-state index contributed by atoms with van der Waals surface area (Å²) in [5.41, 5.74) is 0.533. The second kappa shape index (κ2) is 6.99. The number of carbonyl (C=O) groups excluding carboxylic acids is 2. The maximum Gasteiger partial charge on any atom is 0.251 e. The van der Waals surface area contributed by atoms with Crippen molar-refractivity contribution in [3.63, 3.8) is 0 Å². The highest BCUT2D eigenvalue weighted by Crippen LogP contribution is 2.31. The molecule has 0 bridgehead atoms. The first-order valence-electron chi connectivity index (χ1n) is 8.11. The minimum atomic E-state index is -0.418. The van der Waals surface area contributed by atoms with Crippen LogP contribution in [0.5, 0.6) is 0 Å². The third-order valence-electron chi connectivity index (χ3n) is 4.72. The minimum absolute atomic E-state index is 0.105. The standard InChI is InChI=1S/C17H21ClN2O3/c18-12-4-3-6-14(10-12)20-16(22)11-15(17(20)23)19-8-2-1-5-13(19)7-9-21/h3-4,6,10,13,15,21H,1-2,5,7-9,11H2. The summed E-state index contributed by atoms with van der Waals surface area (Å²) in [5, 5.41) is 9.76. The topological polar surface area (TPSA) is 60.9 Å². The first-order chi connectivity index (χ1) is 11.1. The van der Waals surface area contributed by atoms with Gasteiger partial charge in [0.1, 0.15) is 0 Å². The molecule has 2 aliphatic heterocycles. The van der Waals surface area contributed by atoms with E-state index in [4.69, 9.17) is 11.6 Å². The number of aliphatic hydroxyl groups excluding tert-OH is 1. The molecule has 23 heavy (non-hydrogen) atoms. The lowest BCUT2D eigenvalue weighted by Gasteiger charge is -2.38. The summed E-state index contributed by atoms with van der Waals surface area (Å²) in [5.74, 6) is -0.363. The van der Waals surface area contributed by atoms with Crippen LogP contribution in [0.4, 0.5) is 5.69 Å². The Balaban J connectivity index is 1.83. The molecule has 6 heteroatoms. The van der Waals surface area contributed by atoms with E-state index in [9.17, 15) is 14.7 Å². The highest BCUT2D eigenvalue weighted by atomic mass is 35.5. The zero-order valence-corrected chi connectivity index (χ0v) is 13.7. The smallest absolute Gasteiger partial charge is 0.251 e. The average Bonchev–Trinajstić information content (AvgIpc) is 2.83. The molecule has 2 saturated heterocycles. The maximum atomic E-state index is 12.8. The van der Waals surface area contributed by atoms with Crippen LogP contribution in [0.1, 0.15) is 32.1 Å². The molecule has 0 radical (unpaired) electrons. The fourth-order valence-corrected chi connectivity index (χ4v) is 3.84. The molecule has 0 saturated carbocycles. The van der Waals surface area contributed by atoms with Crippen molar-refractivity contribution < 1.29 is 14.7 Å². The van der Waals surface area contributed by atoms with E-state index in [-0.39, 0.29) is 30.9 Å². The highest BCUT2D eigenvalue weighted by Gasteiger charge is 2.44. The molecule has 0 spiro atoms. The van der Waals surface area contributed by atoms with Gasteiger partial charge in [0, 0.05) is 17.7 Å². The van der Waals surface area contributed by atoms with Gasteiger partial charge in [-0.25, -0.2) is 4.90 Å². The third-order valence-corrected chi connectivity index (χ3v) is 4.96. The fraction of sp³-hybridized carbons (Fsp3) is 0.529. The number of benzene rings is 1. The van der Waals surface area contributed by atoms with Gasteiger partial charge in [0.05, 0.1) is 18.2 Å². The van der Waals surface area contributed by atoms with Crippen molar-refractivity contribution in [2.75, 3.05) is 18.1 Å². The molecule has 2 aliphatic rings. The molecule has 2 fully saturated rings. The van der Waals surface area contributed by atoms with Crippen LogP contribution in [0.15, 0.2) is 24.3 Å². The molecule has 1 N–H and O–H groups in total. The second-order valence-electron chi connectivity index (χ2n) is 6.17. The lowest BCUT2D eigenvalue weighted by atomic mass is 9.97. The Morgan fingerprint density at radius 1 is 1.26 bits per heavy atom. The van der Waals surface area contributed by atoms with Crippen molar-refractivity contribution in [2.24, 2.45) is 0 Å². The summed E-state index contributed by atoms with van der Waals surface area (Å²) in [7, 11) is 0. The Morgan fingerprint density at radius 3 is 2.83 bits per heavy atom. The van der Waals surface area contributed by atoms with Gasteiger partial charge >= 0.3 is 0 Å². The van der Waals surface area contributed by atoms with Gasteiger partial charge < -0.3 is 5.11 Å². The van der Waals surface area contributed by atoms with Gasteiger partial charge in [0.2, 0.25) is 5.91 Å². The molecule has 2 heterocycles. The predicted octanol–water partition coefficient (Wildman–Crippen LogP) is 2.21.